The van der Waals surface area contributed by atoms with E-state index < -0.39 is 10.8 Å². The van der Waals surface area contributed by atoms with Crippen molar-refractivity contribution < 1.29 is 19.2 Å². The predicted octanol–water partition coefficient (Wildman–Crippen LogP) is 4.61. The van der Waals surface area contributed by atoms with Crippen molar-refractivity contribution in [1.82, 2.24) is 5.32 Å². The summed E-state index contributed by atoms with van der Waals surface area (Å²) in [4.78, 5) is 22.9. The van der Waals surface area contributed by atoms with E-state index in [9.17, 15) is 14.9 Å². The van der Waals surface area contributed by atoms with Gasteiger partial charge in [-0.1, -0.05) is 31.5 Å². The van der Waals surface area contributed by atoms with Crippen molar-refractivity contribution in [3.8, 4) is 11.5 Å². The predicted molar refractivity (Wildman–Crippen MR) is 107 cm³/mol. The van der Waals surface area contributed by atoms with Crippen LogP contribution in [-0.2, 0) is 6.54 Å². The summed E-state index contributed by atoms with van der Waals surface area (Å²) in [6, 6.07) is 9.21. The van der Waals surface area contributed by atoms with Gasteiger partial charge in [0.05, 0.1) is 18.6 Å². The van der Waals surface area contributed by atoms with Gasteiger partial charge < -0.3 is 14.8 Å². The van der Waals surface area contributed by atoms with E-state index in [0.717, 1.165) is 12.0 Å². The Balaban J connectivity index is 2.07. The summed E-state index contributed by atoms with van der Waals surface area (Å²) in [5.41, 5.74) is 0.387. The summed E-state index contributed by atoms with van der Waals surface area (Å²) in [5.74, 6) is 1.15. The van der Waals surface area contributed by atoms with E-state index in [1.807, 2.05) is 0 Å². The SMILES string of the molecule is COc1cc(CNC(=O)c2cc(Cl)ccc2[N+](=O)[O-])ccc1OCCC(C)C. The molecule has 1 N–H and O–H groups in total. The van der Waals surface area contributed by atoms with Crippen LogP contribution in [0.4, 0.5) is 5.69 Å². The molecule has 0 aliphatic rings. The van der Waals surface area contributed by atoms with Crippen LogP contribution in [-0.4, -0.2) is 24.5 Å². The van der Waals surface area contributed by atoms with Crippen molar-refractivity contribution >= 4 is 23.2 Å². The van der Waals surface area contributed by atoms with Crippen LogP contribution in [0.15, 0.2) is 36.4 Å². The minimum Gasteiger partial charge on any atom is -0.493 e. The first-order valence-electron chi connectivity index (χ1n) is 8.83. The lowest BCUT2D eigenvalue weighted by Gasteiger charge is -2.13. The molecule has 2 aromatic rings. The standard InChI is InChI=1S/C20H23ClN2O5/c1-13(2)8-9-28-18-7-4-14(10-19(18)27-3)12-22-20(24)16-11-15(21)5-6-17(16)23(25)26/h4-7,10-11,13H,8-9,12H2,1-3H3,(H,22,24). The van der Waals surface area contributed by atoms with Gasteiger partial charge in [0.25, 0.3) is 11.6 Å². The van der Waals surface area contributed by atoms with Crippen molar-refractivity contribution in [2.24, 2.45) is 5.92 Å². The van der Waals surface area contributed by atoms with Crippen LogP contribution in [0.25, 0.3) is 0 Å². The van der Waals surface area contributed by atoms with E-state index in [0.29, 0.717) is 24.0 Å². The van der Waals surface area contributed by atoms with Gasteiger partial charge in [0.2, 0.25) is 0 Å². The average Bonchev–Trinajstić information content (AvgIpc) is 2.66. The summed E-state index contributed by atoms with van der Waals surface area (Å²) in [7, 11) is 1.54. The Kier molecular flexibility index (Phi) is 7.63. The molecule has 0 saturated heterocycles. The maximum Gasteiger partial charge on any atom is 0.282 e. The summed E-state index contributed by atoms with van der Waals surface area (Å²) in [5, 5.41) is 14.0. The second kappa shape index (κ2) is 9.94. The average molecular weight is 407 g/mol. The zero-order valence-corrected chi connectivity index (χ0v) is 16.8. The first-order chi connectivity index (χ1) is 13.3. The number of rotatable bonds is 9. The number of ether oxygens (including phenoxy) is 2. The van der Waals surface area contributed by atoms with Gasteiger partial charge in [-0.25, -0.2) is 0 Å². The molecule has 0 aliphatic heterocycles. The summed E-state index contributed by atoms with van der Waals surface area (Å²) < 4.78 is 11.1. The zero-order chi connectivity index (χ0) is 20.7. The number of amides is 1. The van der Waals surface area contributed by atoms with E-state index >= 15 is 0 Å². The molecule has 7 nitrogen and oxygen atoms in total. The Hall–Kier alpha value is -2.80. The lowest BCUT2D eigenvalue weighted by Crippen LogP contribution is -2.23. The van der Waals surface area contributed by atoms with Gasteiger partial charge in [-0.2, -0.15) is 0 Å². The number of nitrogens with zero attached hydrogens (tertiary/aromatic N) is 1. The van der Waals surface area contributed by atoms with Crippen molar-refractivity contribution in [3.63, 3.8) is 0 Å². The minimum absolute atomic E-state index is 0.0851. The molecule has 8 heteroatoms. The van der Waals surface area contributed by atoms with Gasteiger partial charge in [-0.15, -0.1) is 0 Å². The fraction of sp³-hybridized carbons (Fsp3) is 0.350. The first kappa shape index (κ1) is 21.5. The van der Waals surface area contributed by atoms with Gasteiger partial charge in [0.1, 0.15) is 5.56 Å². The molecule has 0 spiro atoms. The summed E-state index contributed by atoms with van der Waals surface area (Å²) in [6.07, 6.45) is 0.930. The van der Waals surface area contributed by atoms with E-state index in [-0.39, 0.29) is 22.8 Å². The van der Waals surface area contributed by atoms with Crippen LogP contribution in [0.2, 0.25) is 5.02 Å². The lowest BCUT2D eigenvalue weighted by atomic mass is 10.1. The number of hydrogen-bond acceptors (Lipinski definition) is 5. The molecular weight excluding hydrogens is 384 g/mol. The fourth-order valence-electron chi connectivity index (χ4n) is 2.47. The lowest BCUT2D eigenvalue weighted by molar-refractivity contribution is -0.385. The first-order valence-corrected chi connectivity index (χ1v) is 9.21. The highest BCUT2D eigenvalue weighted by molar-refractivity contribution is 6.31. The molecule has 0 bridgehead atoms. The van der Waals surface area contributed by atoms with Crippen LogP contribution in [0, 0.1) is 16.0 Å². The van der Waals surface area contributed by atoms with Crippen LogP contribution < -0.4 is 14.8 Å². The van der Waals surface area contributed by atoms with Gasteiger partial charge in [-0.05, 0) is 42.2 Å². The molecule has 0 saturated carbocycles. The highest BCUT2D eigenvalue weighted by atomic mass is 35.5. The maximum absolute atomic E-state index is 12.4. The Morgan fingerprint density at radius 1 is 1.21 bits per heavy atom. The molecule has 0 atom stereocenters. The molecule has 1 amide bonds. The molecule has 0 radical (unpaired) electrons. The van der Waals surface area contributed by atoms with E-state index in [2.05, 4.69) is 19.2 Å². The van der Waals surface area contributed by atoms with Crippen molar-refractivity contribution in [1.29, 1.82) is 0 Å². The number of nitrogens with one attached hydrogen (secondary N) is 1. The number of methoxy groups -OCH3 is 1. The van der Waals surface area contributed by atoms with Gasteiger partial charge in [0, 0.05) is 17.6 Å². The molecule has 150 valence electrons. The molecule has 2 rings (SSSR count). The molecule has 0 fully saturated rings. The van der Waals surface area contributed by atoms with Crippen LogP contribution in [0.1, 0.15) is 36.2 Å². The Morgan fingerprint density at radius 3 is 2.61 bits per heavy atom. The number of nitro benzene ring substituents is 1. The largest absolute Gasteiger partial charge is 0.493 e. The highest BCUT2D eigenvalue weighted by Gasteiger charge is 2.20. The van der Waals surface area contributed by atoms with E-state index in [4.69, 9.17) is 21.1 Å². The van der Waals surface area contributed by atoms with Crippen LogP contribution >= 0.6 is 11.6 Å². The Morgan fingerprint density at radius 2 is 1.96 bits per heavy atom. The molecule has 0 aromatic heterocycles. The van der Waals surface area contributed by atoms with Crippen molar-refractivity contribution in [2.45, 2.75) is 26.8 Å². The van der Waals surface area contributed by atoms with Gasteiger partial charge in [0.15, 0.2) is 11.5 Å². The number of carbonyl (C=O) groups excluding carboxylic acids is 1. The monoisotopic (exact) mass is 406 g/mol. The number of carbonyl (C=O) groups is 1. The van der Waals surface area contributed by atoms with Crippen molar-refractivity contribution in [2.75, 3.05) is 13.7 Å². The number of benzene rings is 2. The number of halogens is 1. The van der Waals surface area contributed by atoms with Gasteiger partial charge in [-0.3, -0.25) is 14.9 Å². The van der Waals surface area contributed by atoms with E-state index in [1.165, 1.54) is 18.2 Å². The zero-order valence-electron chi connectivity index (χ0n) is 16.0. The smallest absolute Gasteiger partial charge is 0.282 e. The second-order valence-corrected chi connectivity index (χ2v) is 7.05. The van der Waals surface area contributed by atoms with E-state index in [1.54, 1.807) is 25.3 Å². The van der Waals surface area contributed by atoms with Crippen molar-refractivity contribution in [3.05, 3.63) is 62.7 Å². The third-order valence-electron chi connectivity index (χ3n) is 4.03. The normalized spacial score (nSPS) is 10.6. The second-order valence-electron chi connectivity index (χ2n) is 6.62. The minimum atomic E-state index is -0.614. The molecule has 0 aliphatic carbocycles. The van der Waals surface area contributed by atoms with Gasteiger partial charge >= 0.3 is 0 Å². The topological polar surface area (TPSA) is 90.7 Å². The number of hydrogen-bond donors (Lipinski definition) is 1. The molecule has 2 aromatic carbocycles. The summed E-state index contributed by atoms with van der Waals surface area (Å²) in [6.45, 7) is 5.00. The Bertz CT molecular complexity index is 854. The Labute approximate surface area is 168 Å². The fourth-order valence-corrected chi connectivity index (χ4v) is 2.64. The maximum atomic E-state index is 12.4. The quantitative estimate of drug-likeness (QED) is 0.485. The third kappa shape index (κ3) is 5.85. The molecule has 0 unspecified atom stereocenters. The number of nitro groups is 1. The van der Waals surface area contributed by atoms with Crippen LogP contribution in [0.3, 0.4) is 0 Å². The molecule has 0 heterocycles. The molecule has 28 heavy (non-hydrogen) atoms. The highest BCUT2D eigenvalue weighted by Crippen LogP contribution is 2.28. The third-order valence-corrected chi connectivity index (χ3v) is 4.27. The summed E-state index contributed by atoms with van der Waals surface area (Å²) >= 11 is 5.87. The van der Waals surface area contributed by atoms with Crippen LogP contribution in [0.5, 0.6) is 11.5 Å². The molecular formula is C20H23ClN2O5.